The fourth-order valence-corrected chi connectivity index (χ4v) is 0.636. The zero-order chi connectivity index (χ0) is 9.83. The van der Waals surface area contributed by atoms with Crippen LogP contribution in [0.3, 0.4) is 0 Å². The molecule has 0 amide bonds. The molecule has 0 spiro atoms. The number of hydrogen-bond donors (Lipinski definition) is 2. The molecule has 0 aromatic heterocycles. The van der Waals surface area contributed by atoms with Crippen molar-refractivity contribution in [2.45, 2.75) is 38.4 Å². The normalized spacial score (nSPS) is 17.3. The smallest absolute Gasteiger partial charge is 0.125 e. The predicted octanol–water partition coefficient (Wildman–Crippen LogP) is 1.09. The van der Waals surface area contributed by atoms with Crippen molar-refractivity contribution in [2.24, 2.45) is 0 Å². The van der Waals surface area contributed by atoms with Gasteiger partial charge in [0.2, 0.25) is 0 Å². The Morgan fingerprint density at radius 1 is 1.33 bits per heavy atom. The molecule has 0 aromatic rings. The Labute approximate surface area is 73.9 Å². The van der Waals surface area contributed by atoms with Gasteiger partial charge in [0, 0.05) is 6.42 Å². The molecular weight excluding hydrogens is 152 g/mol. The van der Waals surface area contributed by atoms with Gasteiger partial charge in [-0.1, -0.05) is 18.1 Å². The number of aliphatic hydroxyl groups is 2. The highest BCUT2D eigenvalue weighted by molar-refractivity contribution is 5.09. The minimum atomic E-state index is -1.11. The van der Waals surface area contributed by atoms with E-state index in [1.165, 1.54) is 0 Å². The van der Waals surface area contributed by atoms with Gasteiger partial charge in [-0.15, -0.1) is 6.42 Å². The zero-order valence-electron chi connectivity index (χ0n) is 7.83. The standard InChI is InChI=1S/C10H16O2/c1-5-10(4,12)8-6-7-9(2,3)11/h1,6-7,11-12H,8H2,2-4H3. The molecular formula is C10H16O2. The topological polar surface area (TPSA) is 40.5 Å². The Kier molecular flexibility index (Phi) is 3.51. The maximum atomic E-state index is 9.35. The Bertz CT molecular complexity index is 201. The Morgan fingerprint density at radius 3 is 2.17 bits per heavy atom. The summed E-state index contributed by atoms with van der Waals surface area (Å²) in [6.07, 6.45) is 8.70. The van der Waals surface area contributed by atoms with Crippen LogP contribution in [0.15, 0.2) is 12.2 Å². The molecule has 1 unspecified atom stereocenters. The van der Waals surface area contributed by atoms with Crippen LogP contribution in [-0.2, 0) is 0 Å². The summed E-state index contributed by atoms with van der Waals surface area (Å²) in [5.41, 5.74) is -1.95. The molecule has 2 N–H and O–H groups in total. The van der Waals surface area contributed by atoms with Gasteiger partial charge < -0.3 is 10.2 Å². The van der Waals surface area contributed by atoms with Crippen LogP contribution >= 0.6 is 0 Å². The van der Waals surface area contributed by atoms with E-state index >= 15 is 0 Å². The largest absolute Gasteiger partial charge is 0.386 e. The molecule has 0 aliphatic rings. The molecule has 68 valence electrons. The third-order valence-corrected chi connectivity index (χ3v) is 1.35. The van der Waals surface area contributed by atoms with Gasteiger partial charge in [0.25, 0.3) is 0 Å². The van der Waals surface area contributed by atoms with Gasteiger partial charge in [0.1, 0.15) is 5.60 Å². The highest BCUT2D eigenvalue weighted by Crippen LogP contribution is 2.10. The molecule has 0 fully saturated rings. The molecule has 0 saturated carbocycles. The molecule has 0 radical (unpaired) electrons. The summed E-state index contributed by atoms with van der Waals surface area (Å²) in [5, 5.41) is 18.6. The van der Waals surface area contributed by atoms with E-state index in [0.29, 0.717) is 6.42 Å². The Morgan fingerprint density at radius 2 is 1.83 bits per heavy atom. The molecule has 0 aromatic carbocycles. The zero-order valence-corrected chi connectivity index (χ0v) is 7.83. The molecule has 0 rings (SSSR count). The lowest BCUT2D eigenvalue weighted by atomic mass is 10.0. The van der Waals surface area contributed by atoms with Crippen molar-refractivity contribution in [3.05, 3.63) is 12.2 Å². The second kappa shape index (κ2) is 3.75. The lowest BCUT2D eigenvalue weighted by Crippen LogP contribution is -2.20. The number of rotatable bonds is 3. The summed E-state index contributed by atoms with van der Waals surface area (Å²) in [7, 11) is 0. The van der Waals surface area contributed by atoms with E-state index in [2.05, 4.69) is 5.92 Å². The maximum absolute atomic E-state index is 9.35. The highest BCUT2D eigenvalue weighted by Gasteiger charge is 2.14. The minimum absolute atomic E-state index is 0.355. The lowest BCUT2D eigenvalue weighted by molar-refractivity contribution is 0.120. The quantitative estimate of drug-likeness (QED) is 0.489. The summed E-state index contributed by atoms with van der Waals surface area (Å²) in [6.45, 7) is 4.88. The van der Waals surface area contributed by atoms with Crippen molar-refractivity contribution >= 4 is 0 Å². The van der Waals surface area contributed by atoms with Gasteiger partial charge in [0.05, 0.1) is 5.60 Å². The predicted molar refractivity (Wildman–Crippen MR) is 49.5 cm³/mol. The third kappa shape index (κ3) is 5.96. The first-order valence-electron chi connectivity index (χ1n) is 3.87. The van der Waals surface area contributed by atoms with Gasteiger partial charge in [-0.3, -0.25) is 0 Å². The van der Waals surface area contributed by atoms with Crippen molar-refractivity contribution in [1.29, 1.82) is 0 Å². The monoisotopic (exact) mass is 168 g/mol. The summed E-state index contributed by atoms with van der Waals surface area (Å²) in [5.74, 6) is 2.25. The van der Waals surface area contributed by atoms with Crippen LogP contribution in [-0.4, -0.2) is 21.4 Å². The van der Waals surface area contributed by atoms with Crippen LogP contribution in [0.4, 0.5) is 0 Å². The molecule has 12 heavy (non-hydrogen) atoms. The summed E-state index contributed by atoms with van der Waals surface area (Å²) in [4.78, 5) is 0. The molecule has 0 saturated heterocycles. The van der Waals surface area contributed by atoms with Crippen molar-refractivity contribution < 1.29 is 10.2 Å². The van der Waals surface area contributed by atoms with Gasteiger partial charge in [-0.2, -0.15) is 0 Å². The molecule has 0 bridgehead atoms. The second-order valence-corrected chi connectivity index (χ2v) is 3.68. The van der Waals surface area contributed by atoms with Crippen LogP contribution in [0.1, 0.15) is 27.2 Å². The Balaban J connectivity index is 4.02. The van der Waals surface area contributed by atoms with Crippen LogP contribution in [0.25, 0.3) is 0 Å². The number of hydrogen-bond acceptors (Lipinski definition) is 2. The van der Waals surface area contributed by atoms with Crippen LogP contribution in [0.5, 0.6) is 0 Å². The van der Waals surface area contributed by atoms with Crippen LogP contribution < -0.4 is 0 Å². The average molecular weight is 168 g/mol. The van der Waals surface area contributed by atoms with Crippen molar-refractivity contribution in [3.63, 3.8) is 0 Å². The van der Waals surface area contributed by atoms with Crippen molar-refractivity contribution in [3.8, 4) is 12.3 Å². The maximum Gasteiger partial charge on any atom is 0.125 e. The molecule has 0 heterocycles. The van der Waals surface area contributed by atoms with Gasteiger partial charge >= 0.3 is 0 Å². The molecule has 0 aliphatic heterocycles. The highest BCUT2D eigenvalue weighted by atomic mass is 16.3. The van der Waals surface area contributed by atoms with E-state index in [0.717, 1.165) is 0 Å². The van der Waals surface area contributed by atoms with Gasteiger partial charge in [-0.25, -0.2) is 0 Å². The molecule has 0 aliphatic carbocycles. The minimum Gasteiger partial charge on any atom is -0.386 e. The van der Waals surface area contributed by atoms with Crippen molar-refractivity contribution in [1.82, 2.24) is 0 Å². The fourth-order valence-electron chi connectivity index (χ4n) is 0.636. The van der Waals surface area contributed by atoms with E-state index in [-0.39, 0.29) is 0 Å². The lowest BCUT2D eigenvalue weighted by Gasteiger charge is -2.15. The molecule has 2 nitrogen and oxygen atoms in total. The number of terminal acetylenes is 1. The van der Waals surface area contributed by atoms with E-state index in [4.69, 9.17) is 6.42 Å². The molecule has 2 heteroatoms. The average Bonchev–Trinajstić information content (AvgIpc) is 1.84. The summed E-state index contributed by atoms with van der Waals surface area (Å²) < 4.78 is 0. The third-order valence-electron chi connectivity index (χ3n) is 1.35. The van der Waals surface area contributed by atoms with Crippen LogP contribution in [0, 0.1) is 12.3 Å². The van der Waals surface area contributed by atoms with Crippen molar-refractivity contribution in [2.75, 3.05) is 0 Å². The van der Waals surface area contributed by atoms with Gasteiger partial charge in [-0.05, 0) is 20.8 Å². The SMILES string of the molecule is C#CC(C)(O)CC=CC(C)(C)O. The Hall–Kier alpha value is -0.780. The summed E-state index contributed by atoms with van der Waals surface area (Å²) >= 11 is 0. The first kappa shape index (κ1) is 11.2. The fraction of sp³-hybridized carbons (Fsp3) is 0.600. The second-order valence-electron chi connectivity index (χ2n) is 3.68. The van der Waals surface area contributed by atoms with E-state index in [1.54, 1.807) is 32.9 Å². The summed E-state index contributed by atoms with van der Waals surface area (Å²) in [6, 6.07) is 0. The van der Waals surface area contributed by atoms with E-state index in [9.17, 15) is 10.2 Å². The van der Waals surface area contributed by atoms with Crippen LogP contribution in [0.2, 0.25) is 0 Å². The molecule has 1 atom stereocenters. The first-order valence-corrected chi connectivity index (χ1v) is 3.87. The van der Waals surface area contributed by atoms with E-state index < -0.39 is 11.2 Å². The first-order chi connectivity index (χ1) is 5.27. The van der Waals surface area contributed by atoms with Gasteiger partial charge in [0.15, 0.2) is 0 Å². The van der Waals surface area contributed by atoms with E-state index in [1.807, 2.05) is 0 Å².